The zero-order chi connectivity index (χ0) is 34.4. The second kappa shape index (κ2) is 15.0. The van der Waals surface area contributed by atoms with Crippen molar-refractivity contribution in [3.05, 3.63) is 65.7 Å². The van der Waals surface area contributed by atoms with Gasteiger partial charge in [-0.2, -0.15) is 0 Å². The third-order valence-electron chi connectivity index (χ3n) is 8.18. The Balaban J connectivity index is 1.48. The first-order valence-electron chi connectivity index (χ1n) is 15.9. The third kappa shape index (κ3) is 9.77. The summed E-state index contributed by atoms with van der Waals surface area (Å²) in [5, 5.41) is 8.33. The van der Waals surface area contributed by atoms with Crippen LogP contribution in [0.25, 0.3) is 0 Å². The Morgan fingerprint density at radius 3 is 2.11 bits per heavy atom. The third-order valence-corrected chi connectivity index (χ3v) is 8.18. The number of epoxide rings is 1. The van der Waals surface area contributed by atoms with Crippen molar-refractivity contribution in [1.82, 2.24) is 20.9 Å². The van der Waals surface area contributed by atoms with Crippen LogP contribution < -0.4 is 20.7 Å². The van der Waals surface area contributed by atoms with Crippen LogP contribution in [0.4, 0.5) is 4.79 Å². The molecule has 0 saturated carbocycles. The lowest BCUT2D eigenvalue weighted by atomic mass is 9.94. The van der Waals surface area contributed by atoms with E-state index in [0.29, 0.717) is 25.1 Å². The molecular formula is C35H46N4O8. The molecule has 2 aromatic rings. The van der Waals surface area contributed by atoms with Gasteiger partial charge in [0.25, 0.3) is 0 Å². The van der Waals surface area contributed by atoms with Gasteiger partial charge in [0, 0.05) is 13.0 Å². The molecule has 2 aromatic carbocycles. The van der Waals surface area contributed by atoms with Gasteiger partial charge in [0.1, 0.15) is 35.1 Å². The van der Waals surface area contributed by atoms with Crippen molar-refractivity contribution in [1.29, 1.82) is 0 Å². The first kappa shape index (κ1) is 35.4. The van der Waals surface area contributed by atoms with Gasteiger partial charge in [-0.1, -0.05) is 42.5 Å². The second-order valence-corrected chi connectivity index (χ2v) is 13.3. The number of ether oxygens (including phenoxy) is 3. The van der Waals surface area contributed by atoms with Crippen LogP contribution in [0.15, 0.2) is 54.6 Å². The van der Waals surface area contributed by atoms with Gasteiger partial charge in [0.2, 0.25) is 17.7 Å². The van der Waals surface area contributed by atoms with Crippen molar-refractivity contribution >= 4 is 29.6 Å². The first-order chi connectivity index (χ1) is 22.2. The standard InChI is InChI=1S/C35H46N4O8/c1-22(36-32(43)28-13-10-18-39(28)33(44)47-34(2,3)4)30(41)38-27(20-24-14-16-25(45-6)17-15-24)31(42)37-26(29(40)35(5)21-46-35)19-23-11-8-7-9-12-23/h7-9,11-12,14-17,22,26-28H,10,13,18-21H2,1-6H3,(H,36,43)(H,37,42)(H,38,41)/t22-,26-,27-,28-,35+/m0/s1. The molecule has 254 valence electrons. The molecule has 2 fully saturated rings. The molecule has 0 aliphatic carbocycles. The molecule has 4 amide bonds. The van der Waals surface area contributed by atoms with E-state index < -0.39 is 59.2 Å². The van der Waals surface area contributed by atoms with Crippen LogP contribution in [0.2, 0.25) is 0 Å². The van der Waals surface area contributed by atoms with E-state index >= 15 is 0 Å². The van der Waals surface area contributed by atoms with Crippen molar-refractivity contribution in [3.63, 3.8) is 0 Å². The van der Waals surface area contributed by atoms with Gasteiger partial charge >= 0.3 is 6.09 Å². The van der Waals surface area contributed by atoms with Crippen molar-refractivity contribution in [2.75, 3.05) is 20.3 Å². The maximum atomic E-state index is 13.9. The SMILES string of the molecule is COc1ccc(C[C@H](NC(=O)[C@H](C)NC(=O)[C@@H]2CCCN2C(=O)OC(C)(C)C)C(=O)N[C@@H](Cc2ccccc2)C(=O)[C@@]2(C)CO2)cc1. The summed E-state index contributed by atoms with van der Waals surface area (Å²) in [4.78, 5) is 68.0. The minimum Gasteiger partial charge on any atom is -0.497 e. The molecule has 0 radical (unpaired) electrons. The highest BCUT2D eigenvalue weighted by Crippen LogP contribution is 2.29. The number of methoxy groups -OCH3 is 1. The minimum atomic E-state index is -1.08. The van der Waals surface area contributed by atoms with Gasteiger partial charge in [-0.15, -0.1) is 0 Å². The average Bonchev–Trinajstić information content (AvgIpc) is 3.58. The molecule has 3 N–H and O–H groups in total. The molecule has 2 heterocycles. The van der Waals surface area contributed by atoms with Crippen LogP contribution in [-0.4, -0.2) is 90.1 Å². The summed E-state index contributed by atoms with van der Waals surface area (Å²) in [6.07, 6.45) is 0.817. The smallest absolute Gasteiger partial charge is 0.410 e. The van der Waals surface area contributed by atoms with Crippen LogP contribution >= 0.6 is 0 Å². The van der Waals surface area contributed by atoms with Gasteiger partial charge in [-0.05, 0) is 77.1 Å². The van der Waals surface area contributed by atoms with E-state index in [1.165, 1.54) is 11.8 Å². The molecule has 47 heavy (non-hydrogen) atoms. The summed E-state index contributed by atoms with van der Waals surface area (Å²) < 4.78 is 16.1. The van der Waals surface area contributed by atoms with E-state index in [9.17, 15) is 24.0 Å². The lowest BCUT2D eigenvalue weighted by Crippen LogP contribution is -2.58. The molecule has 0 spiro atoms. The molecule has 5 atom stereocenters. The highest BCUT2D eigenvalue weighted by molar-refractivity contribution is 5.99. The van der Waals surface area contributed by atoms with Crippen LogP contribution in [0.5, 0.6) is 5.75 Å². The summed E-state index contributed by atoms with van der Waals surface area (Å²) in [7, 11) is 1.55. The summed E-state index contributed by atoms with van der Waals surface area (Å²) in [5.41, 5.74) is -0.102. The second-order valence-electron chi connectivity index (χ2n) is 13.3. The Morgan fingerprint density at radius 1 is 0.915 bits per heavy atom. The van der Waals surface area contributed by atoms with E-state index in [4.69, 9.17) is 14.2 Å². The number of rotatable bonds is 13. The summed E-state index contributed by atoms with van der Waals surface area (Å²) in [5.74, 6) is -1.27. The number of hydrogen-bond acceptors (Lipinski definition) is 8. The van der Waals surface area contributed by atoms with Gasteiger partial charge in [-0.25, -0.2) is 4.79 Å². The molecule has 2 saturated heterocycles. The zero-order valence-electron chi connectivity index (χ0n) is 28.0. The Hall–Kier alpha value is -4.45. The van der Waals surface area contributed by atoms with Crippen LogP contribution in [0.1, 0.15) is 58.6 Å². The Labute approximate surface area is 275 Å². The quantitative estimate of drug-likeness (QED) is 0.280. The largest absolute Gasteiger partial charge is 0.497 e. The number of carbonyl (C=O) groups is 5. The number of carbonyl (C=O) groups excluding carboxylic acids is 5. The molecule has 4 rings (SSSR count). The fourth-order valence-electron chi connectivity index (χ4n) is 5.41. The van der Waals surface area contributed by atoms with Crippen molar-refractivity contribution in [2.45, 2.75) is 95.7 Å². The van der Waals surface area contributed by atoms with Gasteiger partial charge in [-0.3, -0.25) is 24.1 Å². The van der Waals surface area contributed by atoms with E-state index in [1.807, 2.05) is 30.3 Å². The fraction of sp³-hybridized carbons (Fsp3) is 0.514. The molecule has 0 aromatic heterocycles. The number of nitrogens with one attached hydrogen (secondary N) is 3. The topological polar surface area (TPSA) is 156 Å². The summed E-state index contributed by atoms with van der Waals surface area (Å²) in [6.45, 7) is 9.08. The fourth-order valence-corrected chi connectivity index (χ4v) is 5.41. The summed E-state index contributed by atoms with van der Waals surface area (Å²) >= 11 is 0. The van der Waals surface area contributed by atoms with E-state index in [1.54, 1.807) is 59.1 Å². The van der Waals surface area contributed by atoms with Gasteiger partial charge in [0.15, 0.2) is 5.78 Å². The normalized spacial score (nSPS) is 20.7. The number of hydrogen-bond donors (Lipinski definition) is 3. The molecule has 0 bridgehead atoms. The van der Waals surface area contributed by atoms with E-state index in [0.717, 1.165) is 11.1 Å². The first-order valence-corrected chi connectivity index (χ1v) is 15.9. The number of nitrogens with zero attached hydrogens (tertiary/aromatic N) is 1. The van der Waals surface area contributed by atoms with E-state index in [2.05, 4.69) is 16.0 Å². The van der Waals surface area contributed by atoms with Crippen LogP contribution in [0.3, 0.4) is 0 Å². The Morgan fingerprint density at radius 2 is 1.51 bits per heavy atom. The van der Waals surface area contributed by atoms with Crippen LogP contribution in [-0.2, 0) is 41.5 Å². The average molecular weight is 651 g/mol. The number of ketones is 1. The highest BCUT2D eigenvalue weighted by atomic mass is 16.6. The Bertz CT molecular complexity index is 1440. The van der Waals surface area contributed by atoms with Crippen molar-refractivity contribution < 1.29 is 38.2 Å². The van der Waals surface area contributed by atoms with Crippen molar-refractivity contribution in [2.24, 2.45) is 0 Å². The monoisotopic (exact) mass is 650 g/mol. The van der Waals surface area contributed by atoms with Crippen LogP contribution in [0, 0.1) is 0 Å². The zero-order valence-corrected chi connectivity index (χ0v) is 28.0. The lowest BCUT2D eigenvalue weighted by Gasteiger charge is -2.29. The highest BCUT2D eigenvalue weighted by Gasteiger charge is 2.50. The number of likely N-dealkylation sites (tertiary alicyclic amines) is 1. The molecule has 12 heteroatoms. The van der Waals surface area contributed by atoms with Gasteiger partial charge in [0.05, 0.1) is 19.8 Å². The molecular weight excluding hydrogens is 604 g/mol. The summed E-state index contributed by atoms with van der Waals surface area (Å²) in [6, 6.07) is 12.6. The predicted octanol–water partition coefficient (Wildman–Crippen LogP) is 2.71. The Kier molecular flexibility index (Phi) is 11.3. The minimum absolute atomic E-state index is 0.108. The predicted molar refractivity (Wildman–Crippen MR) is 174 cm³/mol. The lowest BCUT2D eigenvalue weighted by molar-refractivity contribution is -0.134. The molecule has 2 aliphatic rings. The number of amides is 4. The van der Waals surface area contributed by atoms with E-state index in [-0.39, 0.29) is 25.2 Å². The van der Waals surface area contributed by atoms with Crippen molar-refractivity contribution in [3.8, 4) is 5.75 Å². The number of benzene rings is 2. The maximum absolute atomic E-state index is 13.9. The molecule has 2 aliphatic heterocycles. The molecule has 0 unspecified atom stereocenters. The molecule has 12 nitrogen and oxygen atoms in total. The number of Topliss-reactive ketones (excluding diaryl/α,β-unsaturated/α-hetero) is 1. The maximum Gasteiger partial charge on any atom is 0.410 e. The van der Waals surface area contributed by atoms with Gasteiger partial charge < -0.3 is 30.2 Å².